The van der Waals surface area contributed by atoms with E-state index in [1.807, 2.05) is 0 Å². The number of likely N-dealkylation sites (tertiary alicyclic amines) is 1. The van der Waals surface area contributed by atoms with Crippen LogP contribution in [0, 0.1) is 6.92 Å². The van der Waals surface area contributed by atoms with Gasteiger partial charge in [-0.15, -0.1) is 12.4 Å². The van der Waals surface area contributed by atoms with Gasteiger partial charge in [0.2, 0.25) is 0 Å². The van der Waals surface area contributed by atoms with Crippen molar-refractivity contribution in [1.29, 1.82) is 0 Å². The molecule has 7 heteroatoms. The predicted molar refractivity (Wildman–Crippen MR) is 118 cm³/mol. The van der Waals surface area contributed by atoms with Gasteiger partial charge in [0, 0.05) is 34.7 Å². The summed E-state index contributed by atoms with van der Waals surface area (Å²) in [6.07, 6.45) is 7.38. The molecule has 2 aromatic rings. The van der Waals surface area contributed by atoms with Gasteiger partial charge in [0.15, 0.2) is 0 Å². The number of aryl methyl sites for hydroxylation is 3. The second-order valence-corrected chi connectivity index (χ2v) is 9.00. The van der Waals surface area contributed by atoms with E-state index < -0.39 is 0 Å². The number of benzene rings is 1. The molecule has 0 amide bonds. The van der Waals surface area contributed by atoms with Crippen molar-refractivity contribution in [3.8, 4) is 0 Å². The van der Waals surface area contributed by atoms with E-state index in [1.54, 1.807) is 23.3 Å². The summed E-state index contributed by atoms with van der Waals surface area (Å²) in [5.41, 5.74) is 3.41. The second-order valence-electron chi connectivity index (χ2n) is 8.08. The summed E-state index contributed by atoms with van der Waals surface area (Å²) in [4.78, 5) is 28.2. The molecule has 0 saturated carbocycles. The van der Waals surface area contributed by atoms with Crippen molar-refractivity contribution < 1.29 is 0 Å². The quantitative estimate of drug-likeness (QED) is 0.684. The summed E-state index contributed by atoms with van der Waals surface area (Å²) in [5.74, 6) is 0. The van der Waals surface area contributed by atoms with Gasteiger partial charge in [0.05, 0.1) is 0 Å². The molecule has 1 aromatic carbocycles. The fraction of sp³-hybridized carbons (Fsp3) is 0.524. The number of aromatic nitrogens is 2. The third-order valence-corrected chi connectivity index (χ3v) is 6.75. The molecule has 1 fully saturated rings. The molecule has 1 atom stereocenters. The molecule has 4 rings (SSSR count). The van der Waals surface area contributed by atoms with Crippen molar-refractivity contribution in [2.24, 2.45) is 0 Å². The molecular formula is C21H27BrClN3O2. The number of hydrogen-bond acceptors (Lipinski definition) is 3. The zero-order valence-electron chi connectivity index (χ0n) is 16.2. The summed E-state index contributed by atoms with van der Waals surface area (Å²) >= 11 is 3.59. The van der Waals surface area contributed by atoms with Gasteiger partial charge in [-0.25, -0.2) is 4.79 Å². The SMILES string of the molecule is Cc1cn(CCCCN2CCC3(CCc4cc(Br)ccc43)C2)c(=O)[nH]c1=O.Cl. The monoisotopic (exact) mass is 467 g/mol. The maximum absolute atomic E-state index is 11.8. The molecule has 1 aromatic heterocycles. The Balaban J connectivity index is 0.00000225. The van der Waals surface area contributed by atoms with E-state index >= 15 is 0 Å². The number of rotatable bonds is 5. The lowest BCUT2D eigenvalue weighted by molar-refractivity contribution is 0.299. The van der Waals surface area contributed by atoms with Crippen LogP contribution >= 0.6 is 28.3 Å². The highest BCUT2D eigenvalue weighted by atomic mass is 79.9. The van der Waals surface area contributed by atoms with Gasteiger partial charge in [0.25, 0.3) is 5.56 Å². The lowest BCUT2D eigenvalue weighted by Crippen LogP contribution is -2.31. The minimum atomic E-state index is -0.306. The summed E-state index contributed by atoms with van der Waals surface area (Å²) in [6.45, 7) is 5.78. The standard InChI is InChI=1S/C21H26BrN3O2.ClH/c1-15-13-25(20(27)23-19(15)26)10-3-2-9-24-11-8-21(14-24)7-6-16-12-17(22)4-5-18(16)21;/h4-5,12-13H,2-3,6-11,14H2,1H3,(H,23,26,27);1H. The van der Waals surface area contributed by atoms with E-state index in [0.717, 1.165) is 32.5 Å². The van der Waals surface area contributed by atoms with Crippen LogP contribution in [0.4, 0.5) is 0 Å². The summed E-state index contributed by atoms with van der Waals surface area (Å²) in [5, 5.41) is 0. The van der Waals surface area contributed by atoms with E-state index in [-0.39, 0.29) is 23.7 Å². The predicted octanol–water partition coefficient (Wildman–Crippen LogP) is 3.40. The molecule has 2 heterocycles. The number of nitrogens with one attached hydrogen (secondary N) is 1. The summed E-state index contributed by atoms with van der Waals surface area (Å²) < 4.78 is 2.80. The molecule has 152 valence electrons. The third-order valence-electron chi connectivity index (χ3n) is 6.26. The van der Waals surface area contributed by atoms with Gasteiger partial charge in [0.1, 0.15) is 0 Å². The minimum absolute atomic E-state index is 0. The molecule has 1 N–H and O–H groups in total. The van der Waals surface area contributed by atoms with Gasteiger partial charge >= 0.3 is 5.69 Å². The second kappa shape index (κ2) is 8.56. The topological polar surface area (TPSA) is 58.1 Å². The average molecular weight is 469 g/mol. The highest BCUT2D eigenvalue weighted by molar-refractivity contribution is 9.10. The van der Waals surface area contributed by atoms with Crippen LogP contribution in [0.2, 0.25) is 0 Å². The summed E-state index contributed by atoms with van der Waals surface area (Å²) in [6, 6.07) is 6.79. The van der Waals surface area contributed by atoms with Gasteiger partial charge in [-0.1, -0.05) is 22.0 Å². The van der Waals surface area contributed by atoms with Gasteiger partial charge in [-0.05, 0) is 75.4 Å². The molecule has 5 nitrogen and oxygen atoms in total. The van der Waals surface area contributed by atoms with Gasteiger partial charge in [-0.3, -0.25) is 9.78 Å². The van der Waals surface area contributed by atoms with E-state index in [4.69, 9.17) is 0 Å². The normalized spacial score (nSPS) is 21.1. The van der Waals surface area contributed by atoms with Crippen molar-refractivity contribution in [2.45, 2.75) is 51.0 Å². The van der Waals surface area contributed by atoms with E-state index in [0.29, 0.717) is 17.5 Å². The van der Waals surface area contributed by atoms with Crippen LogP contribution in [0.1, 0.15) is 42.4 Å². The highest BCUT2D eigenvalue weighted by Gasteiger charge is 2.43. The van der Waals surface area contributed by atoms with Crippen LogP contribution in [0.5, 0.6) is 0 Å². The Morgan fingerprint density at radius 3 is 2.79 bits per heavy atom. The fourth-order valence-corrected chi connectivity index (χ4v) is 5.18. The van der Waals surface area contributed by atoms with Crippen LogP contribution in [-0.2, 0) is 18.4 Å². The Bertz CT molecular complexity index is 971. The Hall–Kier alpha value is -1.37. The fourth-order valence-electron chi connectivity index (χ4n) is 4.77. The molecular weight excluding hydrogens is 442 g/mol. The number of H-pyrrole nitrogens is 1. The van der Waals surface area contributed by atoms with E-state index in [1.165, 1.54) is 29.3 Å². The van der Waals surface area contributed by atoms with Crippen molar-refractivity contribution in [3.63, 3.8) is 0 Å². The zero-order valence-corrected chi connectivity index (χ0v) is 18.6. The number of nitrogens with zero attached hydrogens (tertiary/aromatic N) is 2. The molecule has 1 saturated heterocycles. The molecule has 1 unspecified atom stereocenters. The van der Waals surface area contributed by atoms with Crippen molar-refractivity contribution in [3.05, 3.63) is 66.4 Å². The Morgan fingerprint density at radius 2 is 1.96 bits per heavy atom. The maximum atomic E-state index is 11.8. The maximum Gasteiger partial charge on any atom is 0.328 e. The van der Waals surface area contributed by atoms with Crippen LogP contribution in [0.3, 0.4) is 0 Å². The summed E-state index contributed by atoms with van der Waals surface area (Å²) in [7, 11) is 0. The first-order chi connectivity index (χ1) is 13.0. The molecule has 1 aliphatic carbocycles. The first-order valence-corrected chi connectivity index (χ1v) is 10.6. The van der Waals surface area contributed by atoms with Crippen LogP contribution < -0.4 is 11.2 Å². The third kappa shape index (κ3) is 4.14. The number of fused-ring (bicyclic) bond motifs is 2. The molecule has 1 spiro atoms. The Labute approximate surface area is 179 Å². The number of unbranched alkanes of at least 4 members (excludes halogenated alkanes) is 1. The zero-order chi connectivity index (χ0) is 19.0. The molecule has 0 bridgehead atoms. The lowest BCUT2D eigenvalue weighted by Gasteiger charge is -2.25. The average Bonchev–Trinajstić information content (AvgIpc) is 3.20. The van der Waals surface area contributed by atoms with E-state index in [2.05, 4.69) is 44.0 Å². The van der Waals surface area contributed by atoms with Crippen molar-refractivity contribution in [1.82, 2.24) is 14.5 Å². The highest BCUT2D eigenvalue weighted by Crippen LogP contribution is 2.46. The number of hydrogen-bond donors (Lipinski definition) is 1. The van der Waals surface area contributed by atoms with Gasteiger partial charge in [-0.2, -0.15) is 0 Å². The van der Waals surface area contributed by atoms with Crippen molar-refractivity contribution in [2.75, 3.05) is 19.6 Å². The molecule has 2 aliphatic rings. The van der Waals surface area contributed by atoms with Crippen molar-refractivity contribution >= 4 is 28.3 Å². The minimum Gasteiger partial charge on any atom is -0.302 e. The Kier molecular flexibility index (Phi) is 6.52. The molecule has 1 aliphatic heterocycles. The number of aromatic amines is 1. The number of halogens is 2. The first-order valence-electron chi connectivity index (χ1n) is 9.78. The lowest BCUT2D eigenvalue weighted by atomic mass is 9.81. The van der Waals surface area contributed by atoms with Gasteiger partial charge < -0.3 is 9.47 Å². The largest absolute Gasteiger partial charge is 0.328 e. The first kappa shape index (κ1) is 21.3. The Morgan fingerprint density at radius 1 is 1.18 bits per heavy atom. The smallest absolute Gasteiger partial charge is 0.302 e. The van der Waals surface area contributed by atoms with Crippen LogP contribution in [0.25, 0.3) is 0 Å². The molecule has 0 radical (unpaired) electrons. The molecule has 28 heavy (non-hydrogen) atoms. The van der Waals surface area contributed by atoms with E-state index in [9.17, 15) is 9.59 Å². The van der Waals surface area contributed by atoms with Crippen LogP contribution in [-0.4, -0.2) is 34.1 Å². The van der Waals surface area contributed by atoms with Crippen LogP contribution in [0.15, 0.2) is 38.5 Å².